The van der Waals surface area contributed by atoms with Crippen molar-refractivity contribution >= 4 is 29.9 Å². The molecule has 0 unspecified atom stereocenters. The smallest absolute Gasteiger partial charge is 0.312 e. The minimum absolute atomic E-state index is 0.140. The zero-order chi connectivity index (χ0) is 8.53. The van der Waals surface area contributed by atoms with E-state index in [1.807, 2.05) is 30.3 Å². The summed E-state index contributed by atoms with van der Waals surface area (Å²) in [4.78, 5) is 8.82. The molecule has 0 aliphatic rings. The van der Waals surface area contributed by atoms with Crippen LogP contribution in [0.25, 0.3) is 0 Å². The first-order chi connectivity index (χ1) is 5.31. The van der Waals surface area contributed by atoms with E-state index in [1.165, 1.54) is 0 Å². The van der Waals surface area contributed by atoms with E-state index < -0.39 is 0 Å². The number of benzene rings is 1. The van der Waals surface area contributed by atoms with Crippen molar-refractivity contribution in [2.24, 2.45) is 0 Å². The summed E-state index contributed by atoms with van der Waals surface area (Å²) in [5, 5.41) is 0.794. The van der Waals surface area contributed by atoms with Gasteiger partial charge in [0.1, 0.15) is 11.9 Å². The second kappa shape index (κ2) is 7.38. The number of rotatable bonds is 1. The molecule has 1 aromatic carbocycles. The van der Waals surface area contributed by atoms with E-state index in [1.54, 1.807) is 0 Å². The van der Waals surface area contributed by atoms with Crippen molar-refractivity contribution in [3.63, 3.8) is 0 Å². The number of hydrogen-bond acceptors (Lipinski definition) is 2. The zero-order valence-electron chi connectivity index (χ0n) is 5.54. The third kappa shape index (κ3) is 7.16. The lowest BCUT2D eigenvalue weighted by Crippen LogP contribution is -1.57. The van der Waals surface area contributed by atoms with Crippen LogP contribution in [0.2, 0.25) is 5.02 Å². The first-order valence-corrected chi connectivity index (χ1v) is 3.41. The molecule has 0 atom stereocenters. The molecule has 0 aliphatic carbocycles. The van der Waals surface area contributed by atoms with Crippen molar-refractivity contribution < 1.29 is 9.08 Å². The molecule has 11 heavy (non-hydrogen) atoms. The van der Waals surface area contributed by atoms with Crippen molar-refractivity contribution in [1.82, 2.24) is 0 Å². The molecular weight excluding hydrogens is 187 g/mol. The van der Waals surface area contributed by atoms with Gasteiger partial charge in [-0.05, 0) is 12.1 Å². The molecular formula is C7H6Cl2O2. The van der Waals surface area contributed by atoms with Crippen LogP contribution < -0.4 is 0 Å². The normalized spacial score (nSPS) is 7.45. The third-order valence-corrected chi connectivity index (χ3v) is 1.09. The highest BCUT2D eigenvalue weighted by Crippen LogP contribution is 2.03. The van der Waals surface area contributed by atoms with E-state index in [9.17, 15) is 0 Å². The molecule has 0 aliphatic heterocycles. The predicted octanol–water partition coefficient (Wildman–Crippen LogP) is 2.65. The molecule has 0 spiro atoms. The van der Waals surface area contributed by atoms with Crippen molar-refractivity contribution in [2.45, 2.75) is 0 Å². The van der Waals surface area contributed by atoms with Gasteiger partial charge < -0.3 is 4.29 Å². The Kier molecular flexibility index (Phi) is 6.89. The van der Waals surface area contributed by atoms with Crippen LogP contribution in [-0.4, -0.2) is 6.47 Å². The maximum atomic E-state index is 8.82. The highest BCUT2D eigenvalue weighted by atomic mass is 35.5. The number of carbonyl (C=O) groups is 1. The average molecular weight is 193 g/mol. The summed E-state index contributed by atoms with van der Waals surface area (Å²) in [5.41, 5.74) is 0. The van der Waals surface area contributed by atoms with Gasteiger partial charge >= 0.3 is 6.47 Å². The van der Waals surface area contributed by atoms with Crippen LogP contribution in [-0.2, 0) is 9.08 Å². The molecule has 0 saturated carbocycles. The molecule has 1 aromatic rings. The van der Waals surface area contributed by atoms with Crippen molar-refractivity contribution in [1.29, 1.82) is 0 Å². The Hall–Kier alpha value is -0.730. The summed E-state index contributed by atoms with van der Waals surface area (Å²) < 4.78 is 3.33. The summed E-state index contributed by atoms with van der Waals surface area (Å²) in [6.07, 6.45) is 0. The zero-order valence-corrected chi connectivity index (χ0v) is 7.05. The maximum Gasteiger partial charge on any atom is 0.312 e. The Morgan fingerprint density at radius 3 is 1.91 bits per heavy atom. The Morgan fingerprint density at radius 2 is 1.73 bits per heavy atom. The largest absolute Gasteiger partial charge is 0.350 e. The van der Waals surface area contributed by atoms with Crippen LogP contribution in [0.15, 0.2) is 30.3 Å². The van der Waals surface area contributed by atoms with Crippen LogP contribution >= 0.6 is 23.5 Å². The molecule has 0 saturated heterocycles. The summed E-state index contributed by atoms with van der Waals surface area (Å²) in [7, 11) is 0. The van der Waals surface area contributed by atoms with E-state index >= 15 is 0 Å². The SMILES string of the molecule is Clc1ccccc1.O=COCl. The second-order valence-electron chi connectivity index (χ2n) is 1.48. The van der Waals surface area contributed by atoms with Gasteiger partial charge in [-0.25, -0.2) is 0 Å². The number of carbonyl (C=O) groups excluding carboxylic acids is 1. The van der Waals surface area contributed by atoms with Crippen molar-refractivity contribution in [3.05, 3.63) is 35.4 Å². The van der Waals surface area contributed by atoms with Crippen molar-refractivity contribution in [3.8, 4) is 0 Å². The first-order valence-electron chi connectivity index (χ1n) is 2.73. The summed E-state index contributed by atoms with van der Waals surface area (Å²) in [5.74, 6) is 0. The molecule has 1 rings (SSSR count). The predicted molar refractivity (Wildman–Crippen MR) is 44.5 cm³/mol. The van der Waals surface area contributed by atoms with E-state index in [4.69, 9.17) is 16.4 Å². The van der Waals surface area contributed by atoms with Gasteiger partial charge in [-0.2, -0.15) is 0 Å². The molecule has 60 valence electrons. The Balaban J connectivity index is 0.000000218. The Labute approximate surface area is 74.9 Å². The fraction of sp³-hybridized carbons (Fsp3) is 0. The maximum absolute atomic E-state index is 8.82. The van der Waals surface area contributed by atoms with E-state index in [0.717, 1.165) is 5.02 Å². The number of halogens is 2. The van der Waals surface area contributed by atoms with Crippen LogP contribution in [0.5, 0.6) is 0 Å². The fourth-order valence-corrected chi connectivity index (χ4v) is 0.560. The highest BCUT2D eigenvalue weighted by molar-refractivity contribution is 6.30. The number of hydrogen-bond donors (Lipinski definition) is 0. The van der Waals surface area contributed by atoms with Crippen LogP contribution in [0, 0.1) is 0 Å². The van der Waals surface area contributed by atoms with Crippen LogP contribution in [0.4, 0.5) is 0 Å². The van der Waals surface area contributed by atoms with Gasteiger partial charge in [-0.1, -0.05) is 29.8 Å². The fourth-order valence-electron chi connectivity index (χ4n) is 0.415. The minimum atomic E-state index is 0.140. The van der Waals surface area contributed by atoms with Crippen molar-refractivity contribution in [2.75, 3.05) is 0 Å². The van der Waals surface area contributed by atoms with Gasteiger partial charge in [0, 0.05) is 5.02 Å². The van der Waals surface area contributed by atoms with E-state index in [2.05, 4.69) is 16.2 Å². The van der Waals surface area contributed by atoms with Gasteiger partial charge in [0.05, 0.1) is 0 Å². The van der Waals surface area contributed by atoms with Gasteiger partial charge in [0.15, 0.2) is 0 Å². The topological polar surface area (TPSA) is 26.3 Å². The molecule has 4 heteroatoms. The Morgan fingerprint density at radius 1 is 1.27 bits per heavy atom. The lowest BCUT2D eigenvalue weighted by atomic mass is 10.4. The average Bonchev–Trinajstić information content (AvgIpc) is 2.07. The standard InChI is InChI=1S/C6H5Cl.CHClO2/c7-6-4-2-1-3-5-6;2-4-1-3/h1-5H;1H. The second-order valence-corrected chi connectivity index (χ2v) is 2.10. The molecule has 0 fully saturated rings. The molecule has 0 radical (unpaired) electrons. The van der Waals surface area contributed by atoms with Crippen LogP contribution in [0.3, 0.4) is 0 Å². The minimum Gasteiger partial charge on any atom is -0.350 e. The van der Waals surface area contributed by atoms with Crippen LogP contribution in [0.1, 0.15) is 0 Å². The Bertz CT molecular complexity index is 189. The molecule has 0 N–H and O–H groups in total. The molecule has 0 aromatic heterocycles. The molecule has 0 bridgehead atoms. The first kappa shape index (κ1) is 10.3. The summed E-state index contributed by atoms with van der Waals surface area (Å²) >= 11 is 9.86. The van der Waals surface area contributed by atoms with E-state index in [0.29, 0.717) is 0 Å². The lowest BCUT2D eigenvalue weighted by Gasteiger charge is -1.80. The third-order valence-electron chi connectivity index (χ3n) is 0.769. The van der Waals surface area contributed by atoms with Gasteiger partial charge in [-0.15, -0.1) is 0 Å². The van der Waals surface area contributed by atoms with E-state index in [-0.39, 0.29) is 6.47 Å². The highest BCUT2D eigenvalue weighted by Gasteiger charge is 1.74. The van der Waals surface area contributed by atoms with Gasteiger partial charge in [-0.3, -0.25) is 4.79 Å². The monoisotopic (exact) mass is 192 g/mol. The quantitative estimate of drug-likeness (QED) is 0.640. The van der Waals surface area contributed by atoms with Gasteiger partial charge in [0.2, 0.25) is 0 Å². The summed E-state index contributed by atoms with van der Waals surface area (Å²) in [6, 6.07) is 9.44. The molecule has 2 nitrogen and oxygen atoms in total. The summed E-state index contributed by atoms with van der Waals surface area (Å²) in [6.45, 7) is 0.140. The van der Waals surface area contributed by atoms with Gasteiger partial charge in [0.25, 0.3) is 0 Å². The molecule has 0 amide bonds. The molecule has 0 heterocycles. The lowest BCUT2D eigenvalue weighted by molar-refractivity contribution is -0.120.